The summed E-state index contributed by atoms with van der Waals surface area (Å²) in [5.41, 5.74) is 7.24. The largest absolute Gasteiger partial charge is 0.397 e. The molecule has 0 atom stereocenters. The van der Waals surface area contributed by atoms with Crippen LogP contribution in [-0.2, 0) is 9.84 Å². The van der Waals surface area contributed by atoms with Crippen molar-refractivity contribution in [3.63, 3.8) is 0 Å². The Labute approximate surface area is 109 Å². The Morgan fingerprint density at radius 1 is 1.17 bits per heavy atom. The van der Waals surface area contributed by atoms with E-state index in [1.807, 2.05) is 26.0 Å². The maximum Gasteiger partial charge on any atom is 0.175 e. The van der Waals surface area contributed by atoms with Crippen molar-refractivity contribution in [2.24, 2.45) is 0 Å². The highest BCUT2D eigenvalue weighted by Crippen LogP contribution is 2.25. The molecule has 0 aliphatic carbocycles. The highest BCUT2D eigenvalue weighted by molar-refractivity contribution is 7.90. The van der Waals surface area contributed by atoms with Crippen LogP contribution in [0.2, 0.25) is 0 Å². The lowest BCUT2D eigenvalue weighted by Gasteiger charge is -2.23. The average Bonchev–Trinajstić information content (AvgIpc) is 2.24. The average molecular weight is 271 g/mol. The molecule has 102 valence electrons. The van der Waals surface area contributed by atoms with Crippen molar-refractivity contribution in [3.05, 3.63) is 18.2 Å². The summed E-state index contributed by atoms with van der Waals surface area (Å²) in [6, 6.07) is 4.85. The normalized spacial score (nSPS) is 11.8. The Morgan fingerprint density at radius 3 is 2.22 bits per heavy atom. The number of hydrogen-bond acceptors (Lipinski definition) is 5. The molecule has 0 radical (unpaired) electrons. The topological polar surface area (TPSA) is 66.6 Å². The summed E-state index contributed by atoms with van der Waals surface area (Å²) >= 11 is 0. The number of benzene rings is 1. The van der Waals surface area contributed by atoms with E-state index >= 15 is 0 Å². The van der Waals surface area contributed by atoms with E-state index < -0.39 is 9.84 Å². The van der Waals surface area contributed by atoms with Crippen LogP contribution in [0, 0.1) is 0 Å². The van der Waals surface area contributed by atoms with E-state index in [4.69, 9.17) is 5.73 Å². The Kier molecular flexibility index (Phi) is 4.59. The van der Waals surface area contributed by atoms with Crippen molar-refractivity contribution < 1.29 is 8.42 Å². The second-order valence-electron chi connectivity index (χ2n) is 4.72. The highest BCUT2D eigenvalue weighted by Gasteiger charge is 2.11. The van der Waals surface area contributed by atoms with Gasteiger partial charge in [0, 0.05) is 26.4 Å². The number of nitrogens with two attached hydrogens (primary N) is 1. The van der Waals surface area contributed by atoms with Crippen molar-refractivity contribution in [1.29, 1.82) is 0 Å². The Bertz CT molecular complexity index is 512. The van der Waals surface area contributed by atoms with Gasteiger partial charge in [0.15, 0.2) is 9.84 Å². The van der Waals surface area contributed by atoms with E-state index in [2.05, 4.69) is 4.90 Å². The van der Waals surface area contributed by atoms with Gasteiger partial charge in [-0.2, -0.15) is 0 Å². The van der Waals surface area contributed by atoms with Crippen molar-refractivity contribution in [2.75, 3.05) is 51.1 Å². The number of likely N-dealkylation sites (N-methyl/N-ethyl adjacent to an activating group) is 2. The van der Waals surface area contributed by atoms with Gasteiger partial charge in [-0.25, -0.2) is 8.42 Å². The van der Waals surface area contributed by atoms with Crippen LogP contribution in [0.5, 0.6) is 0 Å². The van der Waals surface area contributed by atoms with E-state index in [9.17, 15) is 8.42 Å². The number of nitrogen functional groups attached to an aromatic ring is 1. The molecule has 0 aliphatic heterocycles. The molecule has 6 heteroatoms. The maximum atomic E-state index is 11.4. The number of anilines is 2. The molecule has 0 aromatic heterocycles. The van der Waals surface area contributed by atoms with E-state index in [0.717, 1.165) is 18.8 Å². The molecule has 0 bridgehead atoms. The van der Waals surface area contributed by atoms with Crippen LogP contribution in [0.4, 0.5) is 11.4 Å². The number of rotatable bonds is 5. The zero-order valence-electron chi connectivity index (χ0n) is 11.3. The molecular weight excluding hydrogens is 250 g/mol. The fourth-order valence-corrected chi connectivity index (χ4v) is 2.24. The molecule has 0 fully saturated rings. The van der Waals surface area contributed by atoms with Gasteiger partial charge in [-0.05, 0) is 32.3 Å². The maximum absolute atomic E-state index is 11.4. The minimum Gasteiger partial charge on any atom is -0.397 e. The SMILES string of the molecule is CN(C)CCN(C)c1ccc(S(C)(=O)=O)cc1N. The molecule has 18 heavy (non-hydrogen) atoms. The number of hydrogen-bond donors (Lipinski definition) is 1. The molecule has 2 N–H and O–H groups in total. The van der Waals surface area contributed by atoms with E-state index in [0.29, 0.717) is 5.69 Å². The number of sulfone groups is 1. The first kappa shape index (κ1) is 14.8. The lowest BCUT2D eigenvalue weighted by atomic mass is 10.2. The van der Waals surface area contributed by atoms with Crippen molar-refractivity contribution in [2.45, 2.75) is 4.90 Å². The van der Waals surface area contributed by atoms with Crippen LogP contribution in [-0.4, -0.2) is 53.8 Å². The molecule has 1 rings (SSSR count). The Morgan fingerprint density at radius 2 is 1.78 bits per heavy atom. The molecule has 5 nitrogen and oxygen atoms in total. The van der Waals surface area contributed by atoms with Crippen LogP contribution in [0.3, 0.4) is 0 Å². The molecule has 1 aromatic rings. The van der Waals surface area contributed by atoms with Crippen molar-refractivity contribution in [1.82, 2.24) is 4.90 Å². The summed E-state index contributed by atoms with van der Waals surface area (Å²) in [6.07, 6.45) is 1.18. The van der Waals surface area contributed by atoms with Gasteiger partial charge in [0.1, 0.15) is 0 Å². The van der Waals surface area contributed by atoms with Gasteiger partial charge in [-0.1, -0.05) is 0 Å². The van der Waals surface area contributed by atoms with Crippen molar-refractivity contribution >= 4 is 21.2 Å². The second-order valence-corrected chi connectivity index (χ2v) is 6.73. The third-order valence-electron chi connectivity index (χ3n) is 2.72. The second kappa shape index (κ2) is 5.58. The van der Waals surface area contributed by atoms with Crippen LogP contribution in [0.15, 0.2) is 23.1 Å². The molecule has 0 heterocycles. The lowest BCUT2D eigenvalue weighted by molar-refractivity contribution is 0.416. The quantitative estimate of drug-likeness (QED) is 0.797. The first-order valence-electron chi connectivity index (χ1n) is 5.67. The molecule has 0 aliphatic rings. The lowest BCUT2D eigenvalue weighted by Crippen LogP contribution is -2.29. The van der Waals surface area contributed by atoms with Gasteiger partial charge in [0.05, 0.1) is 16.3 Å². The fraction of sp³-hybridized carbons (Fsp3) is 0.500. The third-order valence-corrected chi connectivity index (χ3v) is 3.83. The zero-order chi connectivity index (χ0) is 13.9. The predicted molar refractivity (Wildman–Crippen MR) is 75.8 cm³/mol. The van der Waals surface area contributed by atoms with Gasteiger partial charge in [-0.15, -0.1) is 0 Å². The first-order chi connectivity index (χ1) is 8.21. The number of nitrogens with zero attached hydrogens (tertiary/aromatic N) is 2. The molecule has 0 amide bonds. The first-order valence-corrected chi connectivity index (χ1v) is 7.56. The highest BCUT2D eigenvalue weighted by atomic mass is 32.2. The molecule has 0 spiro atoms. The Balaban J connectivity index is 2.92. The fourth-order valence-electron chi connectivity index (χ4n) is 1.58. The van der Waals surface area contributed by atoms with Gasteiger partial charge >= 0.3 is 0 Å². The summed E-state index contributed by atoms with van der Waals surface area (Å²) in [5.74, 6) is 0. The van der Waals surface area contributed by atoms with Gasteiger partial charge in [0.25, 0.3) is 0 Å². The summed E-state index contributed by atoms with van der Waals surface area (Å²) in [5, 5.41) is 0. The summed E-state index contributed by atoms with van der Waals surface area (Å²) in [4.78, 5) is 4.35. The molecule has 1 aromatic carbocycles. The molecule has 0 saturated heterocycles. The van der Waals surface area contributed by atoms with Crippen LogP contribution < -0.4 is 10.6 Å². The van der Waals surface area contributed by atoms with E-state index in [1.54, 1.807) is 12.1 Å². The standard InChI is InChI=1S/C12H21N3O2S/c1-14(2)7-8-15(3)12-6-5-10(9-11(12)13)18(4,16)17/h5-6,9H,7-8,13H2,1-4H3. The minimum absolute atomic E-state index is 0.254. The van der Waals surface area contributed by atoms with Crippen LogP contribution in [0.25, 0.3) is 0 Å². The summed E-state index contributed by atoms with van der Waals surface area (Å²) < 4.78 is 22.8. The Hall–Kier alpha value is -1.27. The van der Waals surface area contributed by atoms with Crippen molar-refractivity contribution in [3.8, 4) is 0 Å². The molecular formula is C12H21N3O2S. The smallest absolute Gasteiger partial charge is 0.175 e. The van der Waals surface area contributed by atoms with Gasteiger partial charge in [-0.3, -0.25) is 0 Å². The zero-order valence-corrected chi connectivity index (χ0v) is 12.2. The molecule has 0 saturated carbocycles. The monoisotopic (exact) mass is 271 g/mol. The minimum atomic E-state index is -3.20. The van der Waals surface area contributed by atoms with E-state index in [-0.39, 0.29) is 4.90 Å². The third kappa shape index (κ3) is 3.89. The van der Waals surface area contributed by atoms with E-state index in [1.165, 1.54) is 12.3 Å². The summed E-state index contributed by atoms with van der Waals surface area (Å²) in [7, 11) is 2.75. The van der Waals surface area contributed by atoms with Crippen LogP contribution in [0.1, 0.15) is 0 Å². The van der Waals surface area contributed by atoms with Gasteiger partial charge < -0.3 is 15.5 Å². The van der Waals surface area contributed by atoms with Crippen LogP contribution >= 0.6 is 0 Å². The summed E-state index contributed by atoms with van der Waals surface area (Å²) in [6.45, 7) is 1.74. The molecule has 0 unspecified atom stereocenters. The predicted octanol–water partition coefficient (Wildman–Crippen LogP) is 0.670. The van der Waals surface area contributed by atoms with Gasteiger partial charge in [0.2, 0.25) is 0 Å².